The van der Waals surface area contributed by atoms with Crippen molar-refractivity contribution in [2.24, 2.45) is 0 Å². The van der Waals surface area contributed by atoms with Crippen molar-refractivity contribution in [3.63, 3.8) is 0 Å². The van der Waals surface area contributed by atoms with Gasteiger partial charge in [-0.2, -0.15) is 0 Å². The van der Waals surface area contributed by atoms with E-state index in [-0.39, 0.29) is 5.78 Å². The quantitative estimate of drug-likeness (QED) is 0.393. The van der Waals surface area contributed by atoms with E-state index in [0.717, 1.165) is 22.3 Å². The van der Waals surface area contributed by atoms with Crippen LogP contribution >= 0.6 is 0 Å². The van der Waals surface area contributed by atoms with Gasteiger partial charge in [0.2, 0.25) is 0 Å². The zero-order valence-corrected chi connectivity index (χ0v) is 17.0. The number of fused-ring (bicyclic) bond motifs is 2. The summed E-state index contributed by atoms with van der Waals surface area (Å²) >= 11 is 0. The monoisotopic (exact) mass is 389 g/mol. The van der Waals surface area contributed by atoms with Gasteiger partial charge in [0, 0.05) is 24.2 Å². The maximum Gasteiger partial charge on any atom is 0.187 e. The number of Topliss-reactive ketones (excluding diaryl/α,β-unsaturated/α-hetero) is 1. The number of likely N-dealkylation sites (N-methyl/N-ethyl adjacent to an activating group) is 1. The second kappa shape index (κ2) is 7.74. The third-order valence-electron chi connectivity index (χ3n) is 5.77. The highest BCUT2D eigenvalue weighted by molar-refractivity contribution is 6.16. The van der Waals surface area contributed by atoms with Crippen LogP contribution in [-0.2, 0) is 4.79 Å². The molecule has 1 heterocycles. The van der Waals surface area contributed by atoms with E-state index in [1.807, 2.05) is 24.3 Å². The second-order valence-electron chi connectivity index (χ2n) is 7.98. The third kappa shape index (κ3) is 3.47. The van der Waals surface area contributed by atoms with E-state index in [4.69, 9.17) is 0 Å². The zero-order chi connectivity index (χ0) is 20.5. The Morgan fingerprint density at radius 1 is 0.633 bits per heavy atom. The van der Waals surface area contributed by atoms with Crippen molar-refractivity contribution in [3.8, 4) is 0 Å². The standard InChI is InChI=1S/C28H23NO/c1-29-18-24(16-22-12-6-10-20-8-2-4-14-26(20)22)28(30)25(19-29)17-23-13-7-11-21-9-3-5-15-27(21)23/h2-17H,18-19H2,1H3. The average molecular weight is 389 g/mol. The maximum absolute atomic E-state index is 13.4. The van der Waals surface area contributed by atoms with Crippen LogP contribution in [0.15, 0.2) is 96.1 Å². The summed E-state index contributed by atoms with van der Waals surface area (Å²) in [6.07, 6.45) is 4.13. The minimum Gasteiger partial charge on any atom is -0.298 e. The minimum absolute atomic E-state index is 0.147. The number of piperidine rings is 1. The topological polar surface area (TPSA) is 20.3 Å². The molecule has 0 saturated carbocycles. The molecule has 146 valence electrons. The molecule has 1 aliphatic rings. The van der Waals surface area contributed by atoms with Crippen LogP contribution in [-0.4, -0.2) is 30.8 Å². The molecule has 30 heavy (non-hydrogen) atoms. The summed E-state index contributed by atoms with van der Waals surface area (Å²) in [6.45, 7) is 1.32. The molecule has 5 rings (SSSR count). The number of nitrogens with zero attached hydrogens (tertiary/aromatic N) is 1. The average Bonchev–Trinajstić information content (AvgIpc) is 2.77. The van der Waals surface area contributed by atoms with Gasteiger partial charge in [-0.25, -0.2) is 0 Å². The molecule has 2 nitrogen and oxygen atoms in total. The molecule has 0 atom stereocenters. The molecule has 2 heteroatoms. The first kappa shape index (κ1) is 18.5. The molecule has 0 spiro atoms. The van der Waals surface area contributed by atoms with Gasteiger partial charge in [-0.3, -0.25) is 9.69 Å². The molecule has 4 aromatic rings. The van der Waals surface area contributed by atoms with E-state index in [1.54, 1.807) is 0 Å². The molecule has 0 bridgehead atoms. The molecule has 1 aliphatic heterocycles. The van der Waals surface area contributed by atoms with Crippen molar-refractivity contribution in [2.45, 2.75) is 0 Å². The number of benzene rings is 4. The van der Waals surface area contributed by atoms with Gasteiger partial charge in [0.15, 0.2) is 5.78 Å². The molecule has 0 unspecified atom stereocenters. The summed E-state index contributed by atoms with van der Waals surface area (Å²) in [7, 11) is 2.07. The van der Waals surface area contributed by atoms with Crippen LogP contribution in [0.3, 0.4) is 0 Å². The van der Waals surface area contributed by atoms with Gasteiger partial charge < -0.3 is 0 Å². The van der Waals surface area contributed by atoms with Crippen LogP contribution in [0.1, 0.15) is 11.1 Å². The van der Waals surface area contributed by atoms with Gasteiger partial charge in [0.1, 0.15) is 0 Å². The smallest absolute Gasteiger partial charge is 0.187 e. The highest BCUT2D eigenvalue weighted by atomic mass is 16.1. The lowest BCUT2D eigenvalue weighted by atomic mass is 9.92. The number of ketones is 1. The van der Waals surface area contributed by atoms with Gasteiger partial charge in [0.05, 0.1) is 0 Å². The zero-order valence-electron chi connectivity index (χ0n) is 17.0. The minimum atomic E-state index is 0.147. The fourth-order valence-corrected chi connectivity index (χ4v) is 4.34. The number of hydrogen-bond acceptors (Lipinski definition) is 2. The number of hydrogen-bond donors (Lipinski definition) is 0. The lowest BCUT2D eigenvalue weighted by Gasteiger charge is -2.26. The third-order valence-corrected chi connectivity index (χ3v) is 5.77. The molecule has 1 fully saturated rings. The van der Waals surface area contributed by atoms with Crippen molar-refractivity contribution < 1.29 is 4.79 Å². The lowest BCUT2D eigenvalue weighted by molar-refractivity contribution is -0.113. The Hall–Kier alpha value is -3.49. The molecule has 0 aromatic heterocycles. The normalized spacial score (nSPS) is 18.0. The Morgan fingerprint density at radius 3 is 1.57 bits per heavy atom. The van der Waals surface area contributed by atoms with Crippen LogP contribution in [0.25, 0.3) is 33.7 Å². The number of rotatable bonds is 2. The summed E-state index contributed by atoms with van der Waals surface area (Å²) in [5.41, 5.74) is 3.87. The predicted molar refractivity (Wildman–Crippen MR) is 126 cm³/mol. The van der Waals surface area contributed by atoms with Gasteiger partial charge >= 0.3 is 0 Å². The Morgan fingerprint density at radius 2 is 1.07 bits per heavy atom. The molecule has 4 aromatic carbocycles. The predicted octanol–water partition coefficient (Wildman–Crippen LogP) is 5.97. The van der Waals surface area contributed by atoms with E-state index in [2.05, 4.69) is 84.8 Å². The van der Waals surface area contributed by atoms with E-state index < -0.39 is 0 Å². The highest BCUT2D eigenvalue weighted by Gasteiger charge is 2.24. The van der Waals surface area contributed by atoms with Crippen LogP contribution < -0.4 is 0 Å². The first-order chi connectivity index (χ1) is 14.7. The van der Waals surface area contributed by atoms with E-state index in [9.17, 15) is 4.79 Å². The van der Waals surface area contributed by atoms with Gasteiger partial charge in [-0.1, -0.05) is 84.9 Å². The van der Waals surface area contributed by atoms with Gasteiger partial charge in [-0.15, -0.1) is 0 Å². The Balaban J connectivity index is 1.58. The largest absolute Gasteiger partial charge is 0.298 e. The Labute approximate surface area is 176 Å². The second-order valence-corrected chi connectivity index (χ2v) is 7.98. The van der Waals surface area contributed by atoms with Crippen LogP contribution in [0.2, 0.25) is 0 Å². The Bertz CT molecular complexity index is 1220. The van der Waals surface area contributed by atoms with Crippen molar-refractivity contribution in [3.05, 3.63) is 107 Å². The van der Waals surface area contributed by atoms with E-state index >= 15 is 0 Å². The van der Waals surface area contributed by atoms with Gasteiger partial charge in [-0.05, 0) is 51.9 Å². The van der Waals surface area contributed by atoms with E-state index in [0.29, 0.717) is 13.1 Å². The number of carbonyl (C=O) groups is 1. The van der Waals surface area contributed by atoms with E-state index in [1.165, 1.54) is 21.5 Å². The van der Waals surface area contributed by atoms with Crippen molar-refractivity contribution >= 4 is 39.5 Å². The molecule has 0 radical (unpaired) electrons. The first-order valence-electron chi connectivity index (χ1n) is 10.3. The fraction of sp³-hybridized carbons (Fsp3) is 0.107. The molecule has 0 amide bonds. The van der Waals surface area contributed by atoms with Crippen LogP contribution in [0.5, 0.6) is 0 Å². The van der Waals surface area contributed by atoms with Crippen molar-refractivity contribution in [2.75, 3.05) is 20.1 Å². The maximum atomic E-state index is 13.4. The SMILES string of the molecule is CN1CC(=Cc2cccc3ccccc23)C(=O)C(=Cc2cccc3ccccc23)C1. The summed E-state index contributed by atoms with van der Waals surface area (Å²) < 4.78 is 0. The fourth-order valence-electron chi connectivity index (χ4n) is 4.34. The summed E-state index contributed by atoms with van der Waals surface area (Å²) in [5, 5.41) is 4.73. The molecule has 0 aliphatic carbocycles. The van der Waals surface area contributed by atoms with Crippen LogP contribution in [0.4, 0.5) is 0 Å². The molecular formula is C28H23NO. The summed E-state index contributed by atoms with van der Waals surface area (Å²) in [6, 6.07) is 29.1. The first-order valence-corrected chi connectivity index (χ1v) is 10.3. The van der Waals surface area contributed by atoms with Crippen molar-refractivity contribution in [1.29, 1.82) is 0 Å². The van der Waals surface area contributed by atoms with Crippen LogP contribution in [0, 0.1) is 0 Å². The molecule has 1 saturated heterocycles. The Kier molecular flexibility index (Phi) is 4.78. The molecular weight excluding hydrogens is 366 g/mol. The molecule has 0 N–H and O–H groups in total. The van der Waals surface area contributed by atoms with Gasteiger partial charge in [0.25, 0.3) is 0 Å². The highest BCUT2D eigenvalue weighted by Crippen LogP contribution is 2.27. The summed E-state index contributed by atoms with van der Waals surface area (Å²) in [5.74, 6) is 0.147. The number of carbonyl (C=O) groups excluding carboxylic acids is 1. The van der Waals surface area contributed by atoms with Crippen molar-refractivity contribution in [1.82, 2.24) is 4.90 Å². The lowest BCUT2D eigenvalue weighted by Crippen LogP contribution is -2.34. The number of likely N-dealkylation sites (tertiary alicyclic amines) is 1. The summed E-state index contributed by atoms with van der Waals surface area (Å²) in [4.78, 5) is 15.6.